The molecule has 112 valence electrons. The van der Waals surface area contributed by atoms with Gasteiger partial charge in [-0.15, -0.1) is 0 Å². The second-order valence-corrected chi connectivity index (χ2v) is 6.23. The summed E-state index contributed by atoms with van der Waals surface area (Å²) in [5.74, 6) is 0.899. The fourth-order valence-corrected chi connectivity index (χ4v) is 3.17. The van der Waals surface area contributed by atoms with Crippen LogP contribution in [0.5, 0.6) is 5.75 Å². The quantitative estimate of drug-likeness (QED) is 0.812. The first-order valence-electron chi connectivity index (χ1n) is 7.32. The molecule has 0 radical (unpaired) electrons. The molecule has 1 unspecified atom stereocenters. The highest BCUT2D eigenvalue weighted by Gasteiger charge is 2.34. The molecule has 0 spiro atoms. The van der Waals surface area contributed by atoms with E-state index in [4.69, 9.17) is 4.74 Å². The predicted octanol–water partition coefficient (Wildman–Crippen LogP) is 4.28. The van der Waals surface area contributed by atoms with Crippen LogP contribution in [0, 0.1) is 0 Å². The van der Waals surface area contributed by atoms with Gasteiger partial charge in [0.05, 0.1) is 7.11 Å². The SMILES string of the molecule is COc1ccc(C(C)(C)C(c2ccccc2)N(C)C)cc1. The molecule has 2 rings (SSSR count). The minimum Gasteiger partial charge on any atom is -0.497 e. The summed E-state index contributed by atoms with van der Waals surface area (Å²) < 4.78 is 5.26. The van der Waals surface area contributed by atoms with Crippen LogP contribution in [0.1, 0.15) is 31.0 Å². The van der Waals surface area contributed by atoms with Crippen molar-refractivity contribution in [3.63, 3.8) is 0 Å². The third-order valence-corrected chi connectivity index (χ3v) is 4.15. The van der Waals surface area contributed by atoms with Crippen LogP contribution in [0.3, 0.4) is 0 Å². The molecule has 0 N–H and O–H groups in total. The topological polar surface area (TPSA) is 12.5 Å². The molecule has 2 heteroatoms. The highest BCUT2D eigenvalue weighted by Crippen LogP contribution is 2.40. The molecule has 2 aromatic carbocycles. The molecule has 0 aliphatic carbocycles. The molecule has 1 atom stereocenters. The number of nitrogens with zero attached hydrogens (tertiary/aromatic N) is 1. The summed E-state index contributed by atoms with van der Waals surface area (Å²) in [6.07, 6.45) is 0. The number of hydrogen-bond acceptors (Lipinski definition) is 2. The number of likely N-dealkylation sites (N-methyl/N-ethyl adjacent to an activating group) is 1. The van der Waals surface area contributed by atoms with E-state index < -0.39 is 0 Å². The van der Waals surface area contributed by atoms with E-state index in [0.29, 0.717) is 6.04 Å². The number of benzene rings is 2. The van der Waals surface area contributed by atoms with Gasteiger partial charge in [-0.25, -0.2) is 0 Å². The summed E-state index contributed by atoms with van der Waals surface area (Å²) in [6.45, 7) is 4.60. The van der Waals surface area contributed by atoms with Crippen molar-refractivity contribution in [2.45, 2.75) is 25.3 Å². The Morgan fingerprint density at radius 1 is 0.905 bits per heavy atom. The van der Waals surface area contributed by atoms with Crippen molar-refractivity contribution in [1.82, 2.24) is 4.90 Å². The van der Waals surface area contributed by atoms with Crippen molar-refractivity contribution in [2.75, 3.05) is 21.2 Å². The smallest absolute Gasteiger partial charge is 0.118 e. The van der Waals surface area contributed by atoms with Crippen LogP contribution in [0.4, 0.5) is 0 Å². The van der Waals surface area contributed by atoms with Gasteiger partial charge in [-0.1, -0.05) is 56.3 Å². The Morgan fingerprint density at radius 3 is 1.95 bits per heavy atom. The van der Waals surface area contributed by atoms with Gasteiger partial charge in [0.1, 0.15) is 5.75 Å². The van der Waals surface area contributed by atoms with Crippen LogP contribution < -0.4 is 4.74 Å². The first-order chi connectivity index (χ1) is 9.96. The molecule has 0 aromatic heterocycles. The van der Waals surface area contributed by atoms with Crippen LogP contribution in [0.2, 0.25) is 0 Å². The lowest BCUT2D eigenvalue weighted by Crippen LogP contribution is -2.36. The maximum atomic E-state index is 5.26. The Balaban J connectivity index is 2.42. The second-order valence-electron chi connectivity index (χ2n) is 6.23. The number of hydrogen-bond donors (Lipinski definition) is 0. The zero-order chi connectivity index (χ0) is 15.5. The van der Waals surface area contributed by atoms with Crippen LogP contribution in [0.25, 0.3) is 0 Å². The van der Waals surface area contributed by atoms with E-state index in [1.165, 1.54) is 11.1 Å². The molecule has 0 saturated heterocycles. The predicted molar refractivity (Wildman–Crippen MR) is 88.9 cm³/mol. The summed E-state index contributed by atoms with van der Waals surface area (Å²) in [7, 11) is 5.98. The zero-order valence-corrected chi connectivity index (χ0v) is 13.6. The Kier molecular flexibility index (Phi) is 4.69. The molecular weight excluding hydrogens is 258 g/mol. The van der Waals surface area contributed by atoms with Gasteiger partial charge < -0.3 is 9.64 Å². The molecule has 0 fully saturated rings. The van der Waals surface area contributed by atoms with Gasteiger partial charge in [0, 0.05) is 11.5 Å². The Hall–Kier alpha value is -1.80. The van der Waals surface area contributed by atoms with Gasteiger partial charge in [0.2, 0.25) is 0 Å². The molecule has 0 amide bonds. The van der Waals surface area contributed by atoms with Crippen LogP contribution in [-0.4, -0.2) is 26.1 Å². The second kappa shape index (κ2) is 6.31. The van der Waals surface area contributed by atoms with Gasteiger partial charge in [-0.05, 0) is 37.4 Å². The normalized spacial score (nSPS) is 13.2. The molecule has 0 aliphatic rings. The average Bonchev–Trinajstić information content (AvgIpc) is 2.48. The average molecular weight is 283 g/mol. The minimum absolute atomic E-state index is 0.00285. The van der Waals surface area contributed by atoms with Crippen molar-refractivity contribution in [3.05, 3.63) is 65.7 Å². The van der Waals surface area contributed by atoms with Gasteiger partial charge in [-0.2, -0.15) is 0 Å². The van der Waals surface area contributed by atoms with E-state index in [2.05, 4.69) is 75.3 Å². The number of methoxy groups -OCH3 is 1. The first-order valence-corrected chi connectivity index (χ1v) is 7.32. The van der Waals surface area contributed by atoms with Crippen molar-refractivity contribution in [2.24, 2.45) is 0 Å². The monoisotopic (exact) mass is 283 g/mol. The highest BCUT2D eigenvalue weighted by molar-refractivity contribution is 5.35. The molecule has 2 nitrogen and oxygen atoms in total. The van der Waals surface area contributed by atoms with E-state index in [1.807, 2.05) is 12.1 Å². The van der Waals surface area contributed by atoms with E-state index in [-0.39, 0.29) is 5.41 Å². The third-order valence-electron chi connectivity index (χ3n) is 4.15. The van der Waals surface area contributed by atoms with Crippen molar-refractivity contribution in [3.8, 4) is 5.75 Å². The summed E-state index contributed by atoms with van der Waals surface area (Å²) in [5.41, 5.74) is 2.64. The van der Waals surface area contributed by atoms with E-state index >= 15 is 0 Å². The molecule has 2 aromatic rings. The van der Waals surface area contributed by atoms with E-state index in [9.17, 15) is 0 Å². The Bertz CT molecular complexity index is 558. The molecule has 0 bridgehead atoms. The Labute approximate surface area is 128 Å². The van der Waals surface area contributed by atoms with Gasteiger partial charge in [0.25, 0.3) is 0 Å². The summed E-state index contributed by atoms with van der Waals surface area (Å²) in [5, 5.41) is 0. The third kappa shape index (κ3) is 3.27. The van der Waals surface area contributed by atoms with Crippen molar-refractivity contribution in [1.29, 1.82) is 0 Å². The summed E-state index contributed by atoms with van der Waals surface area (Å²) in [6, 6.07) is 19.4. The minimum atomic E-state index is -0.00285. The van der Waals surface area contributed by atoms with Crippen LogP contribution in [0.15, 0.2) is 54.6 Å². The summed E-state index contributed by atoms with van der Waals surface area (Å²) >= 11 is 0. The first kappa shape index (κ1) is 15.6. The molecule has 0 saturated carbocycles. The van der Waals surface area contributed by atoms with Crippen LogP contribution >= 0.6 is 0 Å². The van der Waals surface area contributed by atoms with Gasteiger partial charge in [-0.3, -0.25) is 0 Å². The maximum absolute atomic E-state index is 5.26. The lowest BCUT2D eigenvalue weighted by molar-refractivity contribution is 0.201. The van der Waals surface area contributed by atoms with E-state index in [0.717, 1.165) is 5.75 Å². The van der Waals surface area contributed by atoms with Gasteiger partial charge >= 0.3 is 0 Å². The fourth-order valence-electron chi connectivity index (χ4n) is 3.17. The molecule has 0 aliphatic heterocycles. The molecule has 0 heterocycles. The summed E-state index contributed by atoms with van der Waals surface area (Å²) in [4.78, 5) is 2.29. The Morgan fingerprint density at radius 2 is 1.48 bits per heavy atom. The number of ether oxygens (including phenoxy) is 1. The molecular formula is C19H25NO. The largest absolute Gasteiger partial charge is 0.497 e. The van der Waals surface area contributed by atoms with E-state index in [1.54, 1.807) is 7.11 Å². The molecule has 21 heavy (non-hydrogen) atoms. The maximum Gasteiger partial charge on any atom is 0.118 e. The lowest BCUT2D eigenvalue weighted by atomic mass is 9.74. The van der Waals surface area contributed by atoms with Crippen LogP contribution in [-0.2, 0) is 5.41 Å². The fraction of sp³-hybridized carbons (Fsp3) is 0.368. The van der Waals surface area contributed by atoms with Gasteiger partial charge in [0.15, 0.2) is 0 Å². The number of rotatable bonds is 5. The highest BCUT2D eigenvalue weighted by atomic mass is 16.5. The zero-order valence-electron chi connectivity index (χ0n) is 13.6. The van der Waals surface area contributed by atoms with Crippen molar-refractivity contribution < 1.29 is 4.74 Å². The standard InChI is InChI=1S/C19H25NO/c1-19(2,16-11-13-17(21-5)14-12-16)18(20(3)4)15-9-7-6-8-10-15/h6-14,18H,1-5H3. The lowest BCUT2D eigenvalue weighted by Gasteiger charge is -2.39. The van der Waals surface area contributed by atoms with Crippen molar-refractivity contribution >= 4 is 0 Å².